The fourth-order valence-corrected chi connectivity index (χ4v) is 2.27. The van der Waals surface area contributed by atoms with E-state index in [1.54, 1.807) is 24.4 Å². The number of pyridine rings is 1. The van der Waals surface area contributed by atoms with Gasteiger partial charge in [0.25, 0.3) is 0 Å². The van der Waals surface area contributed by atoms with Crippen molar-refractivity contribution < 1.29 is 9.90 Å². The zero-order valence-electron chi connectivity index (χ0n) is 12.9. The second-order valence-electron chi connectivity index (χ2n) is 5.77. The molecule has 120 valence electrons. The highest BCUT2D eigenvalue weighted by atomic mass is 16.3. The molecule has 0 fully saturated rings. The third-order valence-electron chi connectivity index (χ3n) is 3.32. The monoisotopic (exact) mass is 306 g/mol. The van der Waals surface area contributed by atoms with Crippen molar-refractivity contribution in [1.82, 2.24) is 19.5 Å². The predicted molar refractivity (Wildman–Crippen MR) is 82.5 cm³/mol. The van der Waals surface area contributed by atoms with Crippen molar-refractivity contribution in [2.24, 2.45) is 5.92 Å². The third kappa shape index (κ3) is 4.17. The van der Waals surface area contributed by atoms with Crippen molar-refractivity contribution in [2.75, 3.05) is 6.54 Å². The first-order valence-corrected chi connectivity index (χ1v) is 7.46. The lowest BCUT2D eigenvalue weighted by Gasteiger charge is -2.13. The Morgan fingerprint density at radius 3 is 2.86 bits per heavy atom. The summed E-state index contributed by atoms with van der Waals surface area (Å²) >= 11 is 0. The number of aliphatic hydroxyl groups excluding tert-OH is 1. The molecule has 0 aliphatic heterocycles. The largest absolute Gasteiger partial charge is 0.391 e. The van der Waals surface area contributed by atoms with E-state index in [0.717, 1.165) is 0 Å². The summed E-state index contributed by atoms with van der Waals surface area (Å²) in [5, 5.41) is 16.5. The van der Waals surface area contributed by atoms with E-state index in [4.69, 9.17) is 0 Å². The molecule has 22 heavy (non-hydrogen) atoms. The Kier molecular flexibility index (Phi) is 5.32. The number of fused-ring (bicyclic) bond motifs is 1. The van der Waals surface area contributed by atoms with Gasteiger partial charge in [-0.1, -0.05) is 19.9 Å². The third-order valence-corrected chi connectivity index (χ3v) is 3.32. The van der Waals surface area contributed by atoms with Crippen molar-refractivity contribution in [1.29, 1.82) is 0 Å². The Hall–Kier alpha value is -2.15. The summed E-state index contributed by atoms with van der Waals surface area (Å²) < 4.78 is 2.71. The molecular weight excluding hydrogens is 284 g/mol. The number of hydrogen-bond donors (Lipinski definition) is 2. The lowest BCUT2D eigenvalue weighted by atomic mass is 10.1. The number of aliphatic hydroxyl groups is 1. The summed E-state index contributed by atoms with van der Waals surface area (Å²) in [5.41, 5.74) is 0.295. The Bertz CT molecular complexity index is 689. The Balaban J connectivity index is 1.85. The van der Waals surface area contributed by atoms with E-state index in [2.05, 4.69) is 10.4 Å². The fraction of sp³-hybridized carbons (Fsp3) is 0.533. The molecule has 2 aromatic rings. The van der Waals surface area contributed by atoms with Crippen LogP contribution in [0.2, 0.25) is 0 Å². The van der Waals surface area contributed by atoms with Crippen LogP contribution in [0.3, 0.4) is 0 Å². The topological polar surface area (TPSA) is 88.6 Å². The fourth-order valence-electron chi connectivity index (χ4n) is 2.27. The van der Waals surface area contributed by atoms with Gasteiger partial charge >= 0.3 is 5.69 Å². The van der Waals surface area contributed by atoms with Gasteiger partial charge in [-0.25, -0.2) is 9.48 Å². The van der Waals surface area contributed by atoms with Crippen molar-refractivity contribution in [3.05, 3.63) is 34.9 Å². The quantitative estimate of drug-likeness (QED) is 0.775. The van der Waals surface area contributed by atoms with Crippen molar-refractivity contribution in [3.63, 3.8) is 0 Å². The SMILES string of the molecule is CC(C)CC(O)CNC(=O)CCn1nc2ccccn2c1=O. The maximum absolute atomic E-state index is 12.0. The first kappa shape index (κ1) is 16.2. The van der Waals surface area contributed by atoms with E-state index in [-0.39, 0.29) is 31.1 Å². The van der Waals surface area contributed by atoms with Crippen LogP contribution in [0.15, 0.2) is 29.2 Å². The number of carbonyl (C=O) groups excluding carboxylic acids is 1. The van der Waals surface area contributed by atoms with Crippen LogP contribution in [0.5, 0.6) is 0 Å². The first-order chi connectivity index (χ1) is 10.5. The number of carbonyl (C=O) groups is 1. The molecule has 0 radical (unpaired) electrons. The molecule has 7 nitrogen and oxygen atoms in total. The maximum Gasteiger partial charge on any atom is 0.350 e. The molecule has 0 saturated heterocycles. The van der Waals surface area contributed by atoms with E-state index < -0.39 is 6.10 Å². The van der Waals surface area contributed by atoms with Gasteiger partial charge in [0.15, 0.2) is 5.65 Å². The molecule has 0 aliphatic carbocycles. The molecule has 7 heteroatoms. The summed E-state index contributed by atoms with van der Waals surface area (Å²) in [4.78, 5) is 23.8. The highest BCUT2D eigenvalue weighted by Gasteiger charge is 2.11. The number of amides is 1. The summed E-state index contributed by atoms with van der Waals surface area (Å²) in [6.07, 6.45) is 1.90. The second kappa shape index (κ2) is 7.22. The average molecular weight is 306 g/mol. The Morgan fingerprint density at radius 1 is 1.41 bits per heavy atom. The molecule has 0 aromatic carbocycles. The van der Waals surface area contributed by atoms with Gasteiger partial charge in [-0.2, -0.15) is 0 Å². The van der Waals surface area contributed by atoms with Gasteiger partial charge in [0.2, 0.25) is 5.91 Å². The first-order valence-electron chi connectivity index (χ1n) is 7.46. The van der Waals surface area contributed by atoms with Crippen LogP contribution in [0, 0.1) is 5.92 Å². The minimum atomic E-state index is -0.540. The molecule has 1 atom stereocenters. The molecule has 2 aromatic heterocycles. The van der Waals surface area contributed by atoms with Gasteiger partial charge in [-0.15, -0.1) is 5.10 Å². The van der Waals surface area contributed by atoms with E-state index in [0.29, 0.717) is 18.0 Å². The number of aromatic nitrogens is 3. The summed E-state index contributed by atoms with van der Waals surface area (Å²) in [7, 11) is 0. The van der Waals surface area contributed by atoms with Crippen LogP contribution in [-0.2, 0) is 11.3 Å². The lowest BCUT2D eigenvalue weighted by Crippen LogP contribution is -2.34. The van der Waals surface area contributed by atoms with Crippen LogP contribution in [-0.4, -0.2) is 37.8 Å². The van der Waals surface area contributed by atoms with E-state index in [1.807, 2.05) is 13.8 Å². The standard InChI is InChI=1S/C15H22N4O3/c1-11(2)9-12(20)10-16-14(21)6-8-19-15(22)18-7-4-3-5-13(18)17-19/h3-5,7,11-12,20H,6,8-10H2,1-2H3,(H,16,21). The number of aryl methyl sites for hydroxylation is 1. The van der Waals surface area contributed by atoms with Crippen molar-refractivity contribution in [2.45, 2.75) is 39.3 Å². The Labute approximate surface area is 128 Å². The zero-order chi connectivity index (χ0) is 16.1. The molecule has 2 N–H and O–H groups in total. The molecule has 0 bridgehead atoms. The number of nitrogens with zero attached hydrogens (tertiary/aromatic N) is 3. The molecular formula is C15H22N4O3. The van der Waals surface area contributed by atoms with Crippen LogP contribution in [0.4, 0.5) is 0 Å². The molecule has 1 amide bonds. The molecule has 2 heterocycles. The van der Waals surface area contributed by atoms with E-state index in [1.165, 1.54) is 9.08 Å². The van der Waals surface area contributed by atoms with E-state index >= 15 is 0 Å². The maximum atomic E-state index is 12.0. The number of nitrogens with one attached hydrogen (secondary N) is 1. The Morgan fingerprint density at radius 2 is 2.18 bits per heavy atom. The lowest BCUT2D eigenvalue weighted by molar-refractivity contribution is -0.121. The van der Waals surface area contributed by atoms with Gasteiger partial charge in [0.1, 0.15) is 0 Å². The molecule has 0 aliphatic rings. The number of rotatable bonds is 7. The van der Waals surface area contributed by atoms with Crippen molar-refractivity contribution >= 4 is 11.6 Å². The van der Waals surface area contributed by atoms with Gasteiger partial charge in [-0.3, -0.25) is 9.20 Å². The van der Waals surface area contributed by atoms with Gasteiger partial charge in [-0.05, 0) is 24.5 Å². The van der Waals surface area contributed by atoms with Gasteiger partial charge in [0.05, 0.1) is 12.6 Å². The predicted octanol–water partition coefficient (Wildman–Crippen LogP) is 0.409. The number of hydrogen-bond acceptors (Lipinski definition) is 4. The molecule has 1 unspecified atom stereocenters. The van der Waals surface area contributed by atoms with Crippen molar-refractivity contribution in [3.8, 4) is 0 Å². The molecule has 0 saturated carbocycles. The second-order valence-corrected chi connectivity index (χ2v) is 5.77. The van der Waals surface area contributed by atoms with Gasteiger partial charge in [0, 0.05) is 19.2 Å². The molecule has 2 rings (SSSR count). The summed E-state index contributed by atoms with van der Waals surface area (Å²) in [6.45, 7) is 4.48. The van der Waals surface area contributed by atoms with Crippen LogP contribution in [0.25, 0.3) is 5.65 Å². The van der Waals surface area contributed by atoms with Crippen LogP contribution in [0.1, 0.15) is 26.7 Å². The normalized spacial score (nSPS) is 12.7. The molecule has 0 spiro atoms. The zero-order valence-corrected chi connectivity index (χ0v) is 12.9. The summed E-state index contributed by atoms with van der Waals surface area (Å²) in [5.74, 6) is 0.176. The smallest absolute Gasteiger partial charge is 0.350 e. The minimum Gasteiger partial charge on any atom is -0.391 e. The van der Waals surface area contributed by atoms with Crippen LogP contribution >= 0.6 is 0 Å². The van der Waals surface area contributed by atoms with E-state index in [9.17, 15) is 14.7 Å². The highest BCUT2D eigenvalue weighted by molar-refractivity contribution is 5.75. The average Bonchev–Trinajstić information content (AvgIpc) is 2.79. The summed E-state index contributed by atoms with van der Waals surface area (Å²) in [6, 6.07) is 5.29. The van der Waals surface area contributed by atoms with Crippen LogP contribution < -0.4 is 11.0 Å². The minimum absolute atomic E-state index is 0.151. The highest BCUT2D eigenvalue weighted by Crippen LogP contribution is 2.03. The van der Waals surface area contributed by atoms with Gasteiger partial charge < -0.3 is 10.4 Å².